The summed E-state index contributed by atoms with van der Waals surface area (Å²) in [7, 11) is 0. The maximum atomic E-state index is 15.3. The molecule has 5 N–H and O–H groups in total. The van der Waals surface area contributed by atoms with Gasteiger partial charge in [-0.2, -0.15) is 17.6 Å². The average molecular weight is 529 g/mol. The third kappa shape index (κ3) is 7.27. The number of piperidine rings is 1. The quantitative estimate of drug-likeness (QED) is 0.326. The number of carbonyl (C=O) groups excluding carboxylic acids is 1. The van der Waals surface area contributed by atoms with Crippen molar-refractivity contribution in [2.75, 3.05) is 43.0 Å². The highest BCUT2D eigenvalue weighted by Crippen LogP contribution is 2.30. The van der Waals surface area contributed by atoms with Crippen molar-refractivity contribution in [1.29, 1.82) is 0 Å². The number of nitrogens with one attached hydrogen (secondary N) is 1. The van der Waals surface area contributed by atoms with Gasteiger partial charge in [0.05, 0.1) is 17.7 Å². The second-order valence-electron chi connectivity index (χ2n) is 8.99. The minimum atomic E-state index is -4.44. The van der Waals surface area contributed by atoms with Crippen LogP contribution in [-0.4, -0.2) is 75.9 Å². The summed E-state index contributed by atoms with van der Waals surface area (Å²) in [6.07, 6.45) is -3.35. The molecule has 1 fully saturated rings. The number of benzene rings is 1. The van der Waals surface area contributed by atoms with Crippen molar-refractivity contribution >= 4 is 17.5 Å². The first-order valence-electron chi connectivity index (χ1n) is 12.0. The van der Waals surface area contributed by atoms with Crippen LogP contribution in [0.1, 0.15) is 30.9 Å². The molecule has 9 nitrogen and oxygen atoms in total. The Morgan fingerprint density at radius 2 is 2.00 bits per heavy atom. The van der Waals surface area contributed by atoms with E-state index < -0.39 is 35.6 Å². The van der Waals surface area contributed by atoms with E-state index in [1.54, 1.807) is 16.7 Å². The summed E-state index contributed by atoms with van der Waals surface area (Å²) in [6, 6.07) is 4.00. The zero-order valence-electron chi connectivity index (χ0n) is 20.5. The highest BCUT2D eigenvalue weighted by Gasteiger charge is 2.33. The Kier molecular flexibility index (Phi) is 9.62. The largest absolute Gasteiger partial charge is 0.416 e. The summed E-state index contributed by atoms with van der Waals surface area (Å²) < 4.78 is 53.8. The van der Waals surface area contributed by atoms with Crippen molar-refractivity contribution < 1.29 is 32.6 Å². The van der Waals surface area contributed by atoms with E-state index in [2.05, 4.69) is 15.3 Å². The molecule has 13 heteroatoms. The number of hydrogen-bond donors (Lipinski definition) is 4. The Hall–Kier alpha value is -3.03. The second-order valence-corrected chi connectivity index (χ2v) is 8.99. The number of aliphatic hydroxyl groups is 2. The van der Waals surface area contributed by atoms with Crippen molar-refractivity contribution in [3.63, 3.8) is 0 Å². The second kappa shape index (κ2) is 12.5. The molecule has 0 radical (unpaired) electrons. The van der Waals surface area contributed by atoms with Gasteiger partial charge < -0.3 is 26.2 Å². The van der Waals surface area contributed by atoms with Gasteiger partial charge in [0, 0.05) is 38.7 Å². The third-order valence-electron chi connectivity index (χ3n) is 6.56. The lowest BCUT2D eigenvalue weighted by atomic mass is 9.92. The topological polar surface area (TPSA) is 128 Å². The summed E-state index contributed by atoms with van der Waals surface area (Å²) in [5.74, 6) is -1.57. The number of amides is 1. The molecule has 1 aromatic carbocycles. The van der Waals surface area contributed by atoms with Crippen molar-refractivity contribution in [3.05, 3.63) is 47.5 Å². The van der Waals surface area contributed by atoms with Gasteiger partial charge in [-0.15, -0.1) is 0 Å². The molecule has 1 saturated heterocycles. The maximum Gasteiger partial charge on any atom is 0.416 e. The van der Waals surface area contributed by atoms with Gasteiger partial charge in [0.1, 0.15) is 6.33 Å². The minimum absolute atomic E-state index is 0.00330. The SMILES string of the molecule is CCN(Cc1ccc(C(F)(F)F)cc1)c1ncnc(NCC2CCN(C(CCO)C(N)=O)CC2O)c1F. The van der Waals surface area contributed by atoms with Crippen molar-refractivity contribution in [1.82, 2.24) is 14.9 Å². The summed E-state index contributed by atoms with van der Waals surface area (Å²) in [4.78, 5) is 23.0. The predicted octanol–water partition coefficient (Wildman–Crippen LogP) is 1.99. The number of alkyl halides is 3. The molecule has 3 unspecified atom stereocenters. The molecule has 2 aromatic rings. The average Bonchev–Trinajstić information content (AvgIpc) is 2.85. The number of hydrogen-bond acceptors (Lipinski definition) is 8. The standard InChI is InChI=1S/C24H32F4N6O3/c1-2-33(12-15-3-5-17(6-4-15)24(26,27)28)23-20(25)22(31-14-32-23)30-11-16-7-9-34(13-19(16)36)18(8-10-35)21(29)37/h3-6,14,16,18-19,35-36H,2,7-13H2,1H3,(H2,29,37)(H,30,31,32). The molecule has 0 spiro atoms. The summed E-state index contributed by atoms with van der Waals surface area (Å²) >= 11 is 0. The molecule has 1 aliphatic heterocycles. The first-order valence-corrected chi connectivity index (χ1v) is 12.0. The molecule has 0 aliphatic carbocycles. The molecule has 37 heavy (non-hydrogen) atoms. The Labute approximate surface area is 212 Å². The zero-order chi connectivity index (χ0) is 27.2. The van der Waals surface area contributed by atoms with Gasteiger partial charge in [-0.25, -0.2) is 9.97 Å². The van der Waals surface area contributed by atoms with E-state index in [4.69, 9.17) is 5.73 Å². The van der Waals surface area contributed by atoms with Gasteiger partial charge in [-0.1, -0.05) is 12.1 Å². The first-order chi connectivity index (χ1) is 17.5. The van der Waals surface area contributed by atoms with Crippen LogP contribution in [0.5, 0.6) is 0 Å². The molecule has 1 amide bonds. The summed E-state index contributed by atoms with van der Waals surface area (Å²) in [5, 5.41) is 22.7. The number of halogens is 4. The van der Waals surface area contributed by atoms with E-state index in [1.165, 1.54) is 18.5 Å². The van der Waals surface area contributed by atoms with E-state index in [9.17, 15) is 28.2 Å². The summed E-state index contributed by atoms with van der Waals surface area (Å²) in [6.45, 7) is 2.95. The molecule has 2 heterocycles. The van der Waals surface area contributed by atoms with Crippen LogP contribution in [0.15, 0.2) is 30.6 Å². The van der Waals surface area contributed by atoms with E-state index in [-0.39, 0.29) is 50.2 Å². The van der Waals surface area contributed by atoms with Crippen LogP contribution < -0.4 is 16.0 Å². The number of rotatable bonds is 11. The van der Waals surface area contributed by atoms with Crippen molar-refractivity contribution in [3.8, 4) is 0 Å². The number of likely N-dealkylation sites (tertiary alicyclic amines) is 1. The van der Waals surface area contributed by atoms with Crippen LogP contribution in [0, 0.1) is 11.7 Å². The molecule has 3 atom stereocenters. The Bertz CT molecular complexity index is 1040. The van der Waals surface area contributed by atoms with Crippen LogP contribution in [0.2, 0.25) is 0 Å². The Balaban J connectivity index is 1.64. The number of β-amino-alcohol motifs (C(OH)–C–C–N with tert-alkyl or cyclic N) is 1. The molecule has 0 bridgehead atoms. The van der Waals surface area contributed by atoms with E-state index in [0.717, 1.165) is 12.1 Å². The van der Waals surface area contributed by atoms with Gasteiger partial charge >= 0.3 is 6.18 Å². The fraction of sp³-hybridized carbons (Fsp3) is 0.542. The number of aromatic nitrogens is 2. The summed E-state index contributed by atoms with van der Waals surface area (Å²) in [5.41, 5.74) is 5.22. The van der Waals surface area contributed by atoms with Gasteiger partial charge in [0.2, 0.25) is 11.7 Å². The number of nitrogens with two attached hydrogens (primary N) is 1. The lowest BCUT2D eigenvalue weighted by Gasteiger charge is -2.39. The maximum absolute atomic E-state index is 15.3. The van der Waals surface area contributed by atoms with Crippen LogP contribution in [0.4, 0.5) is 29.2 Å². The highest BCUT2D eigenvalue weighted by atomic mass is 19.4. The van der Waals surface area contributed by atoms with Gasteiger partial charge in [-0.05, 0) is 44.0 Å². The zero-order valence-corrected chi connectivity index (χ0v) is 20.5. The molecule has 0 saturated carbocycles. The van der Waals surface area contributed by atoms with Gasteiger partial charge in [0.15, 0.2) is 11.6 Å². The molecule has 1 aliphatic rings. The monoisotopic (exact) mass is 528 g/mol. The fourth-order valence-electron chi connectivity index (χ4n) is 4.44. The molecule has 3 rings (SSSR count). The van der Waals surface area contributed by atoms with Gasteiger partial charge in [0.25, 0.3) is 0 Å². The van der Waals surface area contributed by atoms with E-state index >= 15 is 4.39 Å². The van der Waals surface area contributed by atoms with Crippen LogP contribution >= 0.6 is 0 Å². The number of primary amides is 1. The van der Waals surface area contributed by atoms with Crippen molar-refractivity contribution in [2.45, 2.75) is 44.6 Å². The number of carbonyl (C=O) groups is 1. The predicted molar refractivity (Wildman–Crippen MR) is 129 cm³/mol. The molecular formula is C24H32F4N6O3. The third-order valence-corrected chi connectivity index (χ3v) is 6.56. The normalized spacial score (nSPS) is 19.4. The van der Waals surface area contributed by atoms with Crippen molar-refractivity contribution in [2.24, 2.45) is 11.7 Å². The van der Waals surface area contributed by atoms with Crippen LogP contribution in [-0.2, 0) is 17.5 Å². The van der Waals surface area contributed by atoms with Crippen LogP contribution in [0.3, 0.4) is 0 Å². The highest BCUT2D eigenvalue weighted by molar-refractivity contribution is 5.79. The first kappa shape index (κ1) is 28.5. The van der Waals surface area contributed by atoms with E-state index in [0.29, 0.717) is 25.1 Å². The number of anilines is 2. The molecular weight excluding hydrogens is 496 g/mol. The lowest BCUT2D eigenvalue weighted by molar-refractivity contribution is -0.137. The van der Waals surface area contributed by atoms with E-state index in [1.807, 2.05) is 0 Å². The fourth-order valence-corrected chi connectivity index (χ4v) is 4.44. The molecule has 1 aromatic heterocycles. The van der Waals surface area contributed by atoms with Gasteiger partial charge in [-0.3, -0.25) is 9.69 Å². The van der Waals surface area contributed by atoms with Crippen LogP contribution in [0.25, 0.3) is 0 Å². The minimum Gasteiger partial charge on any atom is -0.396 e. The Morgan fingerprint density at radius 3 is 2.57 bits per heavy atom. The number of nitrogens with zero attached hydrogens (tertiary/aromatic N) is 4. The lowest BCUT2D eigenvalue weighted by Crippen LogP contribution is -2.54. The molecule has 204 valence electrons. The Morgan fingerprint density at radius 1 is 1.30 bits per heavy atom. The number of aliphatic hydroxyl groups excluding tert-OH is 2. The smallest absolute Gasteiger partial charge is 0.396 e.